The molecule has 1 aliphatic rings. The van der Waals surface area contributed by atoms with Crippen molar-refractivity contribution < 1.29 is 9.26 Å². The smallest absolute Gasteiger partial charge is 0.194 e. The fraction of sp³-hybridized carbons (Fsp3) is 0.778. The Kier molecular flexibility index (Phi) is 11.9. The van der Waals surface area contributed by atoms with Crippen LogP contribution in [0.5, 0.6) is 0 Å². The molecule has 0 spiro atoms. The summed E-state index contributed by atoms with van der Waals surface area (Å²) in [7, 11) is 0. The number of aliphatic imine (C=N–C) groups is 1. The van der Waals surface area contributed by atoms with E-state index in [9.17, 15) is 0 Å². The lowest BCUT2D eigenvalue weighted by atomic mass is 10.1. The average molecular weight is 479 g/mol. The van der Waals surface area contributed by atoms with Crippen molar-refractivity contribution in [1.29, 1.82) is 0 Å². The van der Waals surface area contributed by atoms with E-state index in [2.05, 4.69) is 41.0 Å². The molecule has 1 aromatic rings. The zero-order valence-electron chi connectivity index (χ0n) is 16.3. The zero-order valence-corrected chi connectivity index (χ0v) is 18.6. The van der Waals surface area contributed by atoms with E-state index in [1.807, 2.05) is 6.07 Å². The van der Waals surface area contributed by atoms with Crippen LogP contribution in [0.15, 0.2) is 21.8 Å². The van der Waals surface area contributed by atoms with Gasteiger partial charge in [-0.05, 0) is 19.3 Å². The van der Waals surface area contributed by atoms with E-state index < -0.39 is 0 Å². The van der Waals surface area contributed by atoms with Crippen LogP contribution in [0, 0.1) is 5.92 Å². The molecule has 8 heteroatoms. The molecule has 0 radical (unpaired) electrons. The predicted octanol–water partition coefficient (Wildman–Crippen LogP) is 2.44. The molecule has 0 bridgehead atoms. The van der Waals surface area contributed by atoms with E-state index in [1.54, 1.807) is 6.26 Å². The van der Waals surface area contributed by atoms with Crippen molar-refractivity contribution in [1.82, 2.24) is 20.3 Å². The molecule has 1 aromatic heterocycles. The Balaban J connectivity index is 0.00000338. The summed E-state index contributed by atoms with van der Waals surface area (Å²) in [4.78, 5) is 9.44. The maximum absolute atomic E-state index is 5.66. The number of hydrogen-bond donors (Lipinski definition) is 1. The number of piperazine rings is 1. The third-order valence-corrected chi connectivity index (χ3v) is 4.22. The van der Waals surface area contributed by atoms with Gasteiger partial charge >= 0.3 is 0 Å². The molecule has 1 fully saturated rings. The van der Waals surface area contributed by atoms with Gasteiger partial charge in [0.1, 0.15) is 6.26 Å². The Labute approximate surface area is 174 Å². The van der Waals surface area contributed by atoms with Crippen molar-refractivity contribution in [3.8, 4) is 0 Å². The minimum atomic E-state index is 0. The number of halogens is 1. The highest BCUT2D eigenvalue weighted by molar-refractivity contribution is 14.0. The summed E-state index contributed by atoms with van der Waals surface area (Å²) in [6.45, 7) is 14.4. The van der Waals surface area contributed by atoms with E-state index in [-0.39, 0.29) is 24.0 Å². The first kappa shape index (κ1) is 23.2. The lowest BCUT2D eigenvalue weighted by molar-refractivity contribution is 0.130. The quantitative estimate of drug-likeness (QED) is 0.254. The van der Waals surface area contributed by atoms with Crippen molar-refractivity contribution in [2.24, 2.45) is 10.9 Å². The fourth-order valence-electron chi connectivity index (χ4n) is 2.73. The summed E-state index contributed by atoms with van der Waals surface area (Å²) >= 11 is 0. The minimum absolute atomic E-state index is 0. The summed E-state index contributed by atoms with van der Waals surface area (Å²) in [6.07, 6.45) is 2.74. The number of rotatable bonds is 9. The van der Waals surface area contributed by atoms with Gasteiger partial charge in [-0.1, -0.05) is 19.0 Å². The number of aromatic nitrogens is 1. The van der Waals surface area contributed by atoms with Gasteiger partial charge in [0.15, 0.2) is 5.96 Å². The van der Waals surface area contributed by atoms with Crippen molar-refractivity contribution in [2.75, 3.05) is 52.5 Å². The first-order valence-electron chi connectivity index (χ1n) is 9.41. The van der Waals surface area contributed by atoms with E-state index in [4.69, 9.17) is 14.3 Å². The topological polar surface area (TPSA) is 66.1 Å². The van der Waals surface area contributed by atoms with Crippen molar-refractivity contribution in [2.45, 2.75) is 33.7 Å². The molecule has 26 heavy (non-hydrogen) atoms. The molecule has 0 unspecified atom stereocenters. The lowest BCUT2D eigenvalue weighted by Gasteiger charge is -2.36. The maximum Gasteiger partial charge on any atom is 0.194 e. The SMILES string of the molecule is CCNC(=NCCOCCC(C)C)N1CCN(Cc2ccon2)CC1.I. The molecule has 2 rings (SSSR count). The summed E-state index contributed by atoms with van der Waals surface area (Å²) in [6, 6.07) is 1.93. The van der Waals surface area contributed by atoms with Crippen LogP contribution >= 0.6 is 24.0 Å². The average Bonchev–Trinajstić information content (AvgIpc) is 3.10. The van der Waals surface area contributed by atoms with Crippen molar-refractivity contribution in [3.63, 3.8) is 0 Å². The van der Waals surface area contributed by atoms with Gasteiger partial charge in [-0.3, -0.25) is 9.89 Å². The van der Waals surface area contributed by atoms with Crippen LogP contribution in [0.4, 0.5) is 0 Å². The normalized spacial score (nSPS) is 16.0. The molecule has 0 aromatic carbocycles. The van der Waals surface area contributed by atoms with Gasteiger partial charge in [0.25, 0.3) is 0 Å². The van der Waals surface area contributed by atoms with Gasteiger partial charge in [0.05, 0.1) is 18.8 Å². The van der Waals surface area contributed by atoms with Crippen LogP contribution in [0.25, 0.3) is 0 Å². The zero-order chi connectivity index (χ0) is 17.9. The summed E-state index contributed by atoms with van der Waals surface area (Å²) in [5, 5.41) is 7.39. The van der Waals surface area contributed by atoms with Gasteiger partial charge in [0.2, 0.25) is 0 Å². The first-order valence-corrected chi connectivity index (χ1v) is 9.41. The molecule has 0 atom stereocenters. The van der Waals surface area contributed by atoms with E-state index in [1.165, 1.54) is 0 Å². The van der Waals surface area contributed by atoms with Crippen LogP contribution in [0.2, 0.25) is 0 Å². The summed E-state index contributed by atoms with van der Waals surface area (Å²) in [5.74, 6) is 1.69. The molecule has 1 saturated heterocycles. The monoisotopic (exact) mass is 479 g/mol. The fourth-order valence-corrected chi connectivity index (χ4v) is 2.73. The molecule has 1 aliphatic heterocycles. The molecule has 150 valence electrons. The minimum Gasteiger partial charge on any atom is -0.380 e. The van der Waals surface area contributed by atoms with Crippen molar-refractivity contribution >= 4 is 29.9 Å². The van der Waals surface area contributed by atoms with E-state index in [0.717, 1.165) is 63.9 Å². The highest BCUT2D eigenvalue weighted by atomic mass is 127. The third kappa shape index (κ3) is 8.68. The molecule has 0 saturated carbocycles. The number of nitrogens with one attached hydrogen (secondary N) is 1. The Bertz CT molecular complexity index is 488. The molecule has 7 nitrogen and oxygen atoms in total. The highest BCUT2D eigenvalue weighted by Crippen LogP contribution is 2.07. The van der Waals surface area contributed by atoms with E-state index >= 15 is 0 Å². The number of guanidine groups is 1. The van der Waals surface area contributed by atoms with Gasteiger partial charge in [-0.15, -0.1) is 24.0 Å². The highest BCUT2D eigenvalue weighted by Gasteiger charge is 2.20. The standard InChI is InChI=1S/C18H33N5O2.HI/c1-4-19-18(20-7-14-24-12-5-16(2)3)23-10-8-22(9-11-23)15-17-6-13-25-21-17;/h6,13,16H,4-5,7-12,14-15H2,1-3H3,(H,19,20);1H. The first-order chi connectivity index (χ1) is 12.2. The van der Waals surface area contributed by atoms with E-state index in [0.29, 0.717) is 19.1 Å². The Morgan fingerprint density at radius 1 is 1.31 bits per heavy atom. The Morgan fingerprint density at radius 2 is 2.08 bits per heavy atom. The summed E-state index contributed by atoms with van der Waals surface area (Å²) in [5.41, 5.74) is 0.993. The van der Waals surface area contributed by atoms with Crippen LogP contribution in [0.1, 0.15) is 32.9 Å². The Morgan fingerprint density at radius 3 is 2.69 bits per heavy atom. The van der Waals surface area contributed by atoms with Gasteiger partial charge in [-0.2, -0.15) is 0 Å². The molecule has 0 aliphatic carbocycles. The number of hydrogen-bond acceptors (Lipinski definition) is 5. The van der Waals surface area contributed by atoms with Crippen LogP contribution in [-0.2, 0) is 11.3 Å². The second-order valence-electron chi connectivity index (χ2n) is 6.78. The summed E-state index contributed by atoms with van der Waals surface area (Å²) < 4.78 is 10.6. The Hall–Kier alpha value is -0.870. The van der Waals surface area contributed by atoms with Gasteiger partial charge in [-0.25, -0.2) is 0 Å². The number of ether oxygens (including phenoxy) is 1. The molecule has 0 amide bonds. The molecule has 2 heterocycles. The molecule has 1 N–H and O–H groups in total. The largest absolute Gasteiger partial charge is 0.380 e. The second-order valence-corrected chi connectivity index (χ2v) is 6.78. The molecular formula is C18H34IN5O2. The van der Waals surface area contributed by atoms with Crippen LogP contribution in [-0.4, -0.2) is 73.4 Å². The van der Waals surface area contributed by atoms with Crippen molar-refractivity contribution in [3.05, 3.63) is 18.0 Å². The van der Waals surface area contributed by atoms with Crippen LogP contribution < -0.4 is 5.32 Å². The van der Waals surface area contributed by atoms with Gasteiger partial charge in [0, 0.05) is 51.9 Å². The lowest BCUT2D eigenvalue weighted by Crippen LogP contribution is -2.52. The number of nitrogens with zero attached hydrogens (tertiary/aromatic N) is 4. The van der Waals surface area contributed by atoms with Crippen LogP contribution in [0.3, 0.4) is 0 Å². The molecular weight excluding hydrogens is 445 g/mol. The maximum atomic E-state index is 5.66. The predicted molar refractivity (Wildman–Crippen MR) is 115 cm³/mol. The second kappa shape index (κ2) is 13.3. The third-order valence-electron chi connectivity index (χ3n) is 4.22. The van der Waals surface area contributed by atoms with Gasteiger partial charge < -0.3 is 19.5 Å².